The number of nitrogens with one attached hydrogen (secondary N) is 1. The summed E-state index contributed by atoms with van der Waals surface area (Å²) >= 11 is 0. The molecule has 1 heterocycles. The molecular formula is C15H28N4O2. The van der Waals surface area contributed by atoms with E-state index in [1.165, 1.54) is 0 Å². The Kier molecular flexibility index (Phi) is 8.69. The van der Waals surface area contributed by atoms with E-state index < -0.39 is 0 Å². The van der Waals surface area contributed by atoms with Gasteiger partial charge < -0.3 is 19.7 Å². The van der Waals surface area contributed by atoms with Gasteiger partial charge in [-0.1, -0.05) is 13.8 Å². The lowest BCUT2D eigenvalue weighted by Gasteiger charge is -2.17. The Morgan fingerprint density at radius 1 is 1.19 bits per heavy atom. The van der Waals surface area contributed by atoms with E-state index in [2.05, 4.69) is 34.0 Å². The molecule has 0 aliphatic carbocycles. The van der Waals surface area contributed by atoms with Crippen molar-refractivity contribution in [2.24, 2.45) is 0 Å². The molecule has 0 spiro atoms. The third kappa shape index (κ3) is 7.24. The van der Waals surface area contributed by atoms with Gasteiger partial charge in [0.05, 0.1) is 6.61 Å². The summed E-state index contributed by atoms with van der Waals surface area (Å²) < 4.78 is 10.5. The van der Waals surface area contributed by atoms with Crippen LogP contribution in [0, 0.1) is 6.92 Å². The van der Waals surface area contributed by atoms with E-state index in [4.69, 9.17) is 9.47 Å². The van der Waals surface area contributed by atoms with Crippen molar-refractivity contribution in [1.82, 2.24) is 14.9 Å². The molecule has 1 aromatic heterocycles. The number of hydrogen-bond donors (Lipinski definition) is 1. The monoisotopic (exact) mass is 296 g/mol. The molecule has 0 aliphatic rings. The second-order valence-electron chi connectivity index (χ2n) is 4.79. The third-order valence-electron chi connectivity index (χ3n) is 3.20. The van der Waals surface area contributed by atoms with Gasteiger partial charge in [0.25, 0.3) is 0 Å². The van der Waals surface area contributed by atoms with Crippen LogP contribution < -0.4 is 10.1 Å². The number of anilines is 1. The molecule has 120 valence electrons. The second kappa shape index (κ2) is 10.3. The highest BCUT2D eigenvalue weighted by molar-refractivity contribution is 5.38. The first-order valence-electron chi connectivity index (χ1n) is 7.63. The Morgan fingerprint density at radius 3 is 2.62 bits per heavy atom. The summed E-state index contributed by atoms with van der Waals surface area (Å²) in [5, 5.41) is 3.33. The summed E-state index contributed by atoms with van der Waals surface area (Å²) in [5.41, 5.74) is 0. The van der Waals surface area contributed by atoms with Gasteiger partial charge in [-0.2, -0.15) is 4.98 Å². The summed E-state index contributed by atoms with van der Waals surface area (Å²) in [4.78, 5) is 11.0. The largest absolute Gasteiger partial charge is 0.475 e. The Hall–Kier alpha value is -1.40. The molecule has 1 rings (SSSR count). The molecule has 0 atom stereocenters. The van der Waals surface area contributed by atoms with Crippen LogP contribution in [0.2, 0.25) is 0 Å². The molecular weight excluding hydrogens is 268 g/mol. The van der Waals surface area contributed by atoms with E-state index in [9.17, 15) is 0 Å². The number of aromatic nitrogens is 2. The van der Waals surface area contributed by atoms with E-state index in [1.54, 1.807) is 7.11 Å². The van der Waals surface area contributed by atoms with Gasteiger partial charge in [-0.15, -0.1) is 0 Å². The minimum absolute atomic E-state index is 0.494. The maximum Gasteiger partial charge on any atom is 0.218 e. The summed E-state index contributed by atoms with van der Waals surface area (Å²) in [7, 11) is 1.65. The van der Waals surface area contributed by atoms with Gasteiger partial charge >= 0.3 is 0 Å². The maximum absolute atomic E-state index is 5.52. The smallest absolute Gasteiger partial charge is 0.218 e. The zero-order valence-corrected chi connectivity index (χ0v) is 13.7. The van der Waals surface area contributed by atoms with Crippen LogP contribution >= 0.6 is 0 Å². The van der Waals surface area contributed by atoms with Crippen molar-refractivity contribution in [2.45, 2.75) is 27.2 Å². The van der Waals surface area contributed by atoms with Crippen molar-refractivity contribution in [1.29, 1.82) is 0 Å². The fraction of sp³-hybridized carbons (Fsp3) is 0.733. The fourth-order valence-electron chi connectivity index (χ4n) is 1.99. The number of nitrogens with zero attached hydrogens (tertiary/aromatic N) is 3. The van der Waals surface area contributed by atoms with Crippen LogP contribution in [-0.2, 0) is 4.74 Å². The lowest BCUT2D eigenvalue weighted by atomic mass is 10.3. The van der Waals surface area contributed by atoms with E-state index in [1.807, 2.05) is 13.0 Å². The number of aryl methyl sites for hydroxylation is 1. The van der Waals surface area contributed by atoms with E-state index >= 15 is 0 Å². The summed E-state index contributed by atoms with van der Waals surface area (Å²) in [5.74, 6) is 2.11. The van der Waals surface area contributed by atoms with Crippen LogP contribution in [0.3, 0.4) is 0 Å². The van der Waals surface area contributed by atoms with Crippen molar-refractivity contribution in [2.75, 3.05) is 51.8 Å². The van der Waals surface area contributed by atoms with Crippen molar-refractivity contribution in [3.63, 3.8) is 0 Å². The highest BCUT2D eigenvalue weighted by atomic mass is 16.5. The second-order valence-corrected chi connectivity index (χ2v) is 4.79. The number of hydrogen-bond acceptors (Lipinski definition) is 6. The van der Waals surface area contributed by atoms with E-state index in [-0.39, 0.29) is 0 Å². The maximum atomic E-state index is 5.52. The Labute approximate surface area is 127 Å². The summed E-state index contributed by atoms with van der Waals surface area (Å²) in [6.07, 6.45) is 1.09. The van der Waals surface area contributed by atoms with Gasteiger partial charge in [-0.05, 0) is 33.0 Å². The van der Waals surface area contributed by atoms with Crippen molar-refractivity contribution in [3.8, 4) is 5.88 Å². The molecule has 6 heteroatoms. The molecule has 0 saturated heterocycles. The SMILES string of the molecule is CCN(CC)CCCNc1cc(OCCOC)nc(C)n1. The summed E-state index contributed by atoms with van der Waals surface area (Å²) in [6.45, 7) is 11.5. The first-order valence-corrected chi connectivity index (χ1v) is 7.63. The van der Waals surface area contributed by atoms with Crippen molar-refractivity contribution < 1.29 is 9.47 Å². The number of rotatable bonds is 11. The average molecular weight is 296 g/mol. The van der Waals surface area contributed by atoms with Crippen molar-refractivity contribution >= 4 is 5.82 Å². The average Bonchev–Trinajstić information content (AvgIpc) is 2.47. The Balaban J connectivity index is 2.40. The van der Waals surface area contributed by atoms with Crippen LogP contribution in [0.5, 0.6) is 5.88 Å². The molecule has 0 aromatic carbocycles. The predicted octanol–water partition coefficient (Wildman–Crippen LogP) is 1.95. The molecule has 1 aromatic rings. The molecule has 0 amide bonds. The molecule has 0 fully saturated rings. The Bertz CT molecular complexity index is 397. The zero-order valence-electron chi connectivity index (χ0n) is 13.7. The molecule has 21 heavy (non-hydrogen) atoms. The topological polar surface area (TPSA) is 59.5 Å². The molecule has 0 aliphatic heterocycles. The van der Waals surface area contributed by atoms with E-state index in [0.29, 0.717) is 24.9 Å². The fourth-order valence-corrected chi connectivity index (χ4v) is 1.99. The van der Waals surface area contributed by atoms with Crippen LogP contribution in [0.25, 0.3) is 0 Å². The predicted molar refractivity (Wildman–Crippen MR) is 85.0 cm³/mol. The lowest BCUT2D eigenvalue weighted by Crippen LogP contribution is -2.25. The summed E-state index contributed by atoms with van der Waals surface area (Å²) in [6, 6.07) is 1.83. The van der Waals surface area contributed by atoms with Crippen LogP contribution in [-0.4, -0.2) is 61.4 Å². The minimum atomic E-state index is 0.494. The molecule has 0 bridgehead atoms. The van der Waals surface area contributed by atoms with Crippen LogP contribution in [0.15, 0.2) is 6.07 Å². The highest BCUT2D eigenvalue weighted by Gasteiger charge is 2.03. The van der Waals surface area contributed by atoms with Crippen LogP contribution in [0.4, 0.5) is 5.82 Å². The normalized spacial score (nSPS) is 10.9. The van der Waals surface area contributed by atoms with Gasteiger partial charge in [-0.25, -0.2) is 4.98 Å². The quantitative estimate of drug-likeness (QED) is 0.630. The van der Waals surface area contributed by atoms with Gasteiger partial charge in [0.15, 0.2) is 0 Å². The first-order chi connectivity index (χ1) is 10.2. The Morgan fingerprint density at radius 2 is 1.95 bits per heavy atom. The molecule has 0 unspecified atom stereocenters. The molecule has 0 saturated carbocycles. The number of ether oxygens (including phenoxy) is 2. The number of methoxy groups -OCH3 is 1. The molecule has 6 nitrogen and oxygen atoms in total. The highest BCUT2D eigenvalue weighted by Crippen LogP contribution is 2.13. The van der Waals surface area contributed by atoms with Gasteiger partial charge in [0.1, 0.15) is 18.2 Å². The molecule has 1 N–H and O–H groups in total. The minimum Gasteiger partial charge on any atom is -0.475 e. The van der Waals surface area contributed by atoms with Crippen molar-refractivity contribution in [3.05, 3.63) is 11.9 Å². The zero-order chi connectivity index (χ0) is 15.5. The van der Waals surface area contributed by atoms with Gasteiger partial charge in [-0.3, -0.25) is 0 Å². The molecule has 0 radical (unpaired) electrons. The van der Waals surface area contributed by atoms with E-state index in [0.717, 1.165) is 38.4 Å². The van der Waals surface area contributed by atoms with Crippen LogP contribution in [0.1, 0.15) is 26.1 Å². The van der Waals surface area contributed by atoms with Gasteiger partial charge in [0, 0.05) is 19.7 Å². The lowest BCUT2D eigenvalue weighted by molar-refractivity contribution is 0.143. The van der Waals surface area contributed by atoms with Gasteiger partial charge in [0.2, 0.25) is 5.88 Å². The first kappa shape index (κ1) is 17.7. The standard InChI is InChI=1S/C15H28N4O2/c1-5-19(6-2)9-7-8-16-14-12-15(18-13(3)17-14)21-11-10-20-4/h12H,5-11H2,1-4H3,(H,16,17,18). The third-order valence-corrected chi connectivity index (χ3v) is 3.20.